The van der Waals surface area contributed by atoms with Gasteiger partial charge < -0.3 is 10.6 Å². The molecule has 29 heavy (non-hydrogen) atoms. The molecule has 0 aliphatic carbocycles. The number of nitrogens with one attached hydrogen (secondary N) is 2. The lowest BCUT2D eigenvalue weighted by atomic mass is 10.1. The Morgan fingerprint density at radius 1 is 1.03 bits per heavy atom. The molecule has 2 aromatic rings. The second-order valence-electron chi connectivity index (χ2n) is 7.08. The Labute approximate surface area is 169 Å². The molecular weight excluding hydrogens is 372 g/mol. The van der Waals surface area contributed by atoms with E-state index in [0.29, 0.717) is 5.69 Å². The van der Waals surface area contributed by atoms with Crippen LogP contribution in [0.2, 0.25) is 0 Å². The number of carbonyl (C=O) groups is 2. The predicted octanol–water partition coefficient (Wildman–Crippen LogP) is 2.95. The lowest BCUT2D eigenvalue weighted by Gasteiger charge is -2.26. The van der Waals surface area contributed by atoms with Crippen LogP contribution in [0.3, 0.4) is 0 Å². The van der Waals surface area contributed by atoms with Crippen molar-refractivity contribution in [2.75, 3.05) is 25.0 Å². The molecule has 2 aromatic carbocycles. The van der Waals surface area contributed by atoms with Crippen LogP contribution in [0.1, 0.15) is 35.2 Å². The minimum absolute atomic E-state index is 0.135. The summed E-state index contributed by atoms with van der Waals surface area (Å²) in [4.78, 5) is 37.0. The maximum Gasteiger partial charge on any atom is 0.270 e. The largest absolute Gasteiger partial charge is 0.343 e. The van der Waals surface area contributed by atoms with E-state index < -0.39 is 10.8 Å². The Bertz CT molecular complexity index is 894. The van der Waals surface area contributed by atoms with Gasteiger partial charge in [0.2, 0.25) is 5.91 Å². The van der Waals surface area contributed by atoms with Gasteiger partial charge in [0.15, 0.2) is 0 Å². The molecule has 152 valence electrons. The Balaban J connectivity index is 1.51. The van der Waals surface area contributed by atoms with E-state index in [4.69, 9.17) is 0 Å². The van der Waals surface area contributed by atoms with Crippen molar-refractivity contribution < 1.29 is 14.5 Å². The van der Waals surface area contributed by atoms with E-state index in [1.807, 2.05) is 18.2 Å². The third-order valence-electron chi connectivity index (χ3n) is 4.79. The van der Waals surface area contributed by atoms with Gasteiger partial charge in [-0.05, 0) is 49.7 Å². The molecule has 8 heteroatoms. The molecule has 0 atom stereocenters. The summed E-state index contributed by atoms with van der Waals surface area (Å²) in [7, 11) is 0. The highest BCUT2D eigenvalue weighted by Crippen LogP contribution is 2.16. The molecule has 8 nitrogen and oxygen atoms in total. The zero-order chi connectivity index (χ0) is 20.6. The molecule has 2 amide bonds. The molecule has 0 bridgehead atoms. The number of amides is 2. The van der Waals surface area contributed by atoms with Crippen LogP contribution in [0, 0.1) is 10.1 Å². The average molecular weight is 396 g/mol. The first kappa shape index (κ1) is 20.5. The summed E-state index contributed by atoms with van der Waals surface area (Å²) in [5, 5.41) is 16.1. The first-order chi connectivity index (χ1) is 14.0. The van der Waals surface area contributed by atoms with Crippen LogP contribution in [0.15, 0.2) is 48.5 Å². The average Bonchev–Trinajstić information content (AvgIpc) is 2.73. The van der Waals surface area contributed by atoms with E-state index in [1.54, 1.807) is 6.07 Å². The van der Waals surface area contributed by atoms with Crippen molar-refractivity contribution in [3.05, 3.63) is 69.8 Å². The second-order valence-corrected chi connectivity index (χ2v) is 7.08. The number of piperidine rings is 1. The number of benzene rings is 2. The van der Waals surface area contributed by atoms with Crippen molar-refractivity contribution in [2.45, 2.75) is 25.8 Å². The standard InChI is InChI=1S/C21H24N4O4/c26-20(14-22-21(27)17-7-5-9-19(13-17)25(28)29)23-18-8-4-6-16(12-18)15-24-10-2-1-3-11-24/h4-9,12-13H,1-3,10-11,14-15H2,(H,22,27)(H,23,26). The minimum atomic E-state index is -0.569. The summed E-state index contributed by atoms with van der Waals surface area (Å²) in [5.74, 6) is -0.901. The maximum absolute atomic E-state index is 12.2. The number of nitrogens with zero attached hydrogens (tertiary/aromatic N) is 2. The minimum Gasteiger partial charge on any atom is -0.343 e. The van der Waals surface area contributed by atoms with Crippen LogP contribution in [0.25, 0.3) is 0 Å². The third-order valence-corrected chi connectivity index (χ3v) is 4.79. The molecule has 1 aliphatic heterocycles. The fourth-order valence-corrected chi connectivity index (χ4v) is 3.35. The van der Waals surface area contributed by atoms with Gasteiger partial charge in [0.1, 0.15) is 0 Å². The van der Waals surface area contributed by atoms with Gasteiger partial charge in [-0.25, -0.2) is 0 Å². The summed E-state index contributed by atoms with van der Waals surface area (Å²) < 4.78 is 0. The molecule has 1 saturated heterocycles. The Kier molecular flexibility index (Phi) is 6.91. The molecule has 0 radical (unpaired) electrons. The summed E-state index contributed by atoms with van der Waals surface area (Å²) >= 11 is 0. The van der Waals surface area contributed by atoms with Gasteiger partial charge in [-0.1, -0.05) is 24.6 Å². The molecule has 1 heterocycles. The van der Waals surface area contributed by atoms with Gasteiger partial charge in [-0.3, -0.25) is 24.6 Å². The third kappa shape index (κ3) is 6.11. The molecule has 1 fully saturated rings. The molecule has 0 saturated carbocycles. The zero-order valence-corrected chi connectivity index (χ0v) is 16.1. The second kappa shape index (κ2) is 9.79. The van der Waals surface area contributed by atoms with E-state index >= 15 is 0 Å². The van der Waals surface area contributed by atoms with Crippen molar-refractivity contribution in [2.24, 2.45) is 0 Å². The van der Waals surface area contributed by atoms with Gasteiger partial charge in [0.05, 0.1) is 11.5 Å². The van der Waals surface area contributed by atoms with Crippen LogP contribution in [-0.2, 0) is 11.3 Å². The molecule has 0 spiro atoms. The maximum atomic E-state index is 12.2. The van der Waals surface area contributed by atoms with E-state index in [9.17, 15) is 19.7 Å². The highest BCUT2D eigenvalue weighted by Gasteiger charge is 2.13. The van der Waals surface area contributed by atoms with Crippen LogP contribution in [0.4, 0.5) is 11.4 Å². The van der Waals surface area contributed by atoms with E-state index in [0.717, 1.165) is 25.2 Å². The van der Waals surface area contributed by atoms with Gasteiger partial charge in [0.25, 0.3) is 11.6 Å². The Morgan fingerprint density at radius 2 is 1.79 bits per heavy atom. The zero-order valence-electron chi connectivity index (χ0n) is 16.1. The Morgan fingerprint density at radius 3 is 2.55 bits per heavy atom. The number of nitro benzene ring substituents is 1. The molecule has 1 aliphatic rings. The number of hydrogen-bond acceptors (Lipinski definition) is 5. The van der Waals surface area contributed by atoms with Gasteiger partial charge in [-0.15, -0.1) is 0 Å². The first-order valence-electron chi connectivity index (χ1n) is 9.65. The summed E-state index contributed by atoms with van der Waals surface area (Å²) in [6, 6.07) is 13.1. The van der Waals surface area contributed by atoms with Gasteiger partial charge in [0, 0.05) is 29.9 Å². The first-order valence-corrected chi connectivity index (χ1v) is 9.65. The molecule has 2 N–H and O–H groups in total. The number of rotatable bonds is 7. The van der Waals surface area contributed by atoms with E-state index in [2.05, 4.69) is 15.5 Å². The topological polar surface area (TPSA) is 105 Å². The fraction of sp³-hybridized carbons (Fsp3) is 0.333. The number of hydrogen-bond donors (Lipinski definition) is 2. The molecule has 0 unspecified atom stereocenters. The number of anilines is 1. The summed E-state index contributed by atoms with van der Waals surface area (Å²) in [6.45, 7) is 2.83. The lowest BCUT2D eigenvalue weighted by Crippen LogP contribution is -2.33. The SMILES string of the molecule is O=C(CNC(=O)c1cccc([N+](=O)[O-])c1)Nc1cccc(CN2CCCCC2)c1. The van der Waals surface area contributed by atoms with Crippen molar-refractivity contribution in [1.82, 2.24) is 10.2 Å². The normalized spacial score (nSPS) is 14.2. The Hall–Kier alpha value is -3.26. The lowest BCUT2D eigenvalue weighted by molar-refractivity contribution is -0.384. The van der Waals surface area contributed by atoms with Crippen LogP contribution >= 0.6 is 0 Å². The smallest absolute Gasteiger partial charge is 0.270 e. The number of likely N-dealkylation sites (tertiary alicyclic amines) is 1. The molecular formula is C21H24N4O4. The van der Waals surface area contributed by atoms with Crippen molar-refractivity contribution >= 4 is 23.2 Å². The van der Waals surface area contributed by atoms with Crippen molar-refractivity contribution in [1.29, 1.82) is 0 Å². The molecule has 0 aromatic heterocycles. The highest BCUT2D eigenvalue weighted by atomic mass is 16.6. The summed E-state index contributed by atoms with van der Waals surface area (Å²) in [5.41, 5.74) is 1.77. The van der Waals surface area contributed by atoms with Gasteiger partial charge >= 0.3 is 0 Å². The van der Waals surface area contributed by atoms with Crippen LogP contribution in [0.5, 0.6) is 0 Å². The monoisotopic (exact) mass is 396 g/mol. The molecule has 3 rings (SSSR count). The van der Waals surface area contributed by atoms with E-state index in [1.165, 1.54) is 43.5 Å². The fourth-order valence-electron chi connectivity index (χ4n) is 3.35. The van der Waals surface area contributed by atoms with Crippen molar-refractivity contribution in [3.63, 3.8) is 0 Å². The van der Waals surface area contributed by atoms with Gasteiger partial charge in [-0.2, -0.15) is 0 Å². The van der Waals surface area contributed by atoms with Crippen molar-refractivity contribution in [3.8, 4) is 0 Å². The van der Waals surface area contributed by atoms with E-state index in [-0.39, 0.29) is 23.7 Å². The van der Waals surface area contributed by atoms with Crippen LogP contribution < -0.4 is 10.6 Å². The quantitative estimate of drug-likeness (QED) is 0.553. The number of nitro groups is 1. The highest BCUT2D eigenvalue weighted by molar-refractivity contribution is 5.99. The predicted molar refractivity (Wildman–Crippen MR) is 110 cm³/mol. The number of carbonyl (C=O) groups excluding carboxylic acids is 2. The summed E-state index contributed by atoms with van der Waals surface area (Å²) in [6.07, 6.45) is 3.73. The van der Waals surface area contributed by atoms with Crippen LogP contribution in [-0.4, -0.2) is 41.3 Å². The number of non-ortho nitro benzene ring substituents is 1.